The zero-order valence-electron chi connectivity index (χ0n) is 12.6. The normalized spacial score (nSPS) is 16.0. The molecule has 1 unspecified atom stereocenters. The Bertz CT molecular complexity index is 549. The van der Waals surface area contributed by atoms with Crippen LogP contribution < -0.4 is 4.74 Å². The quantitative estimate of drug-likeness (QED) is 0.902. The summed E-state index contributed by atoms with van der Waals surface area (Å²) >= 11 is 0. The monoisotopic (exact) mass is 291 g/mol. The lowest BCUT2D eigenvalue weighted by Gasteiger charge is -2.38. The minimum absolute atomic E-state index is 0.123. The van der Waals surface area contributed by atoms with E-state index < -0.39 is 17.3 Å². The van der Waals surface area contributed by atoms with E-state index >= 15 is 0 Å². The molecule has 1 aromatic carbocycles. The highest BCUT2D eigenvalue weighted by Crippen LogP contribution is 2.39. The van der Waals surface area contributed by atoms with Crippen molar-refractivity contribution in [2.24, 2.45) is 5.41 Å². The molecular weight excluding hydrogens is 270 g/mol. The zero-order chi connectivity index (χ0) is 15.6. The maximum Gasteiger partial charge on any atom is 0.310 e. The number of amides is 1. The number of carboxylic acids is 1. The third-order valence-corrected chi connectivity index (χ3v) is 4.11. The van der Waals surface area contributed by atoms with Gasteiger partial charge in [-0.1, -0.05) is 12.1 Å². The molecule has 5 nitrogen and oxygen atoms in total. The van der Waals surface area contributed by atoms with Crippen molar-refractivity contribution in [1.29, 1.82) is 0 Å². The molecule has 1 heterocycles. The molecule has 114 valence electrons. The van der Waals surface area contributed by atoms with E-state index in [4.69, 9.17) is 4.74 Å². The summed E-state index contributed by atoms with van der Waals surface area (Å²) in [5.41, 5.74) is -0.502. The van der Waals surface area contributed by atoms with Crippen LogP contribution in [-0.4, -0.2) is 42.1 Å². The highest BCUT2D eigenvalue weighted by Gasteiger charge is 2.45. The number of aliphatic carboxylic acids is 1. The molecule has 1 amide bonds. The fourth-order valence-corrected chi connectivity index (χ4v) is 2.53. The number of benzene rings is 1. The molecule has 1 atom stereocenters. The Balaban J connectivity index is 2.43. The van der Waals surface area contributed by atoms with E-state index in [0.29, 0.717) is 24.4 Å². The number of carbonyl (C=O) groups excluding carboxylic acids is 1. The predicted molar refractivity (Wildman–Crippen MR) is 78.3 cm³/mol. The first kappa shape index (κ1) is 15.4. The predicted octanol–water partition coefficient (Wildman–Crippen LogP) is 2.12. The maximum atomic E-state index is 12.7. The summed E-state index contributed by atoms with van der Waals surface area (Å²) in [5.74, 6) is -1.20. The van der Waals surface area contributed by atoms with E-state index in [1.165, 1.54) is 0 Å². The second-order valence-corrected chi connectivity index (χ2v) is 5.92. The highest BCUT2D eigenvalue weighted by molar-refractivity contribution is 5.91. The lowest BCUT2D eigenvalue weighted by atomic mass is 9.73. The largest absolute Gasteiger partial charge is 0.497 e. The van der Waals surface area contributed by atoms with Gasteiger partial charge in [0.1, 0.15) is 5.75 Å². The molecule has 1 aliphatic heterocycles. The summed E-state index contributed by atoms with van der Waals surface area (Å²) in [6.45, 7) is 4.60. The zero-order valence-corrected chi connectivity index (χ0v) is 12.6. The van der Waals surface area contributed by atoms with E-state index in [1.54, 1.807) is 50.1 Å². The first-order valence-electron chi connectivity index (χ1n) is 7.04. The summed E-state index contributed by atoms with van der Waals surface area (Å²) in [7, 11) is 1.55. The van der Waals surface area contributed by atoms with Crippen molar-refractivity contribution in [2.75, 3.05) is 20.2 Å². The van der Waals surface area contributed by atoms with E-state index in [2.05, 4.69) is 0 Å². The average molecular weight is 291 g/mol. The molecule has 5 heteroatoms. The van der Waals surface area contributed by atoms with Gasteiger partial charge in [-0.05, 0) is 38.0 Å². The third kappa shape index (κ3) is 2.86. The number of hydrogen-bond donors (Lipinski definition) is 1. The lowest BCUT2D eigenvalue weighted by molar-refractivity contribution is -0.154. The average Bonchev–Trinajstić information content (AvgIpc) is 2.36. The molecule has 0 saturated carbocycles. The van der Waals surface area contributed by atoms with Gasteiger partial charge in [0.05, 0.1) is 18.4 Å². The number of nitrogens with zero attached hydrogens (tertiary/aromatic N) is 1. The molecular formula is C16H21NO4. The van der Waals surface area contributed by atoms with Gasteiger partial charge < -0.3 is 14.7 Å². The molecule has 0 spiro atoms. The van der Waals surface area contributed by atoms with E-state index in [9.17, 15) is 14.7 Å². The fourth-order valence-electron chi connectivity index (χ4n) is 2.53. The van der Waals surface area contributed by atoms with Crippen LogP contribution in [0.4, 0.5) is 0 Å². The van der Waals surface area contributed by atoms with Gasteiger partial charge >= 0.3 is 5.97 Å². The van der Waals surface area contributed by atoms with Crippen LogP contribution in [-0.2, 0) is 9.59 Å². The Hall–Kier alpha value is -2.04. The van der Waals surface area contributed by atoms with E-state index in [-0.39, 0.29) is 5.91 Å². The molecule has 1 N–H and O–H groups in total. The number of carboxylic acid groups (broad SMARTS) is 1. The van der Waals surface area contributed by atoms with Crippen LogP contribution in [0.3, 0.4) is 0 Å². The molecule has 1 saturated heterocycles. The van der Waals surface area contributed by atoms with Crippen molar-refractivity contribution >= 4 is 11.9 Å². The Morgan fingerprint density at radius 3 is 2.48 bits per heavy atom. The smallest absolute Gasteiger partial charge is 0.310 e. The van der Waals surface area contributed by atoms with Crippen LogP contribution in [0.2, 0.25) is 0 Å². The standard InChI is InChI=1S/C16H21NO4/c1-16(2,15(19)20)13(14(18)17-8-5-9-17)11-6-4-7-12(10-11)21-3/h4,6-7,10,13H,5,8-9H2,1-3H3,(H,19,20). The minimum atomic E-state index is -1.18. The van der Waals surface area contributed by atoms with Gasteiger partial charge in [0.2, 0.25) is 5.91 Å². The molecule has 0 bridgehead atoms. The van der Waals surface area contributed by atoms with Gasteiger partial charge in [0.25, 0.3) is 0 Å². The van der Waals surface area contributed by atoms with Crippen molar-refractivity contribution in [3.8, 4) is 5.75 Å². The van der Waals surface area contributed by atoms with Gasteiger partial charge in [-0.3, -0.25) is 9.59 Å². The fraction of sp³-hybridized carbons (Fsp3) is 0.500. The summed E-state index contributed by atoms with van der Waals surface area (Å²) in [6.07, 6.45) is 0.976. The third-order valence-electron chi connectivity index (χ3n) is 4.11. The van der Waals surface area contributed by atoms with Crippen molar-refractivity contribution in [3.05, 3.63) is 29.8 Å². The number of rotatable bonds is 5. The highest BCUT2D eigenvalue weighted by atomic mass is 16.5. The van der Waals surface area contributed by atoms with Crippen LogP contribution in [0.25, 0.3) is 0 Å². The Kier molecular flexibility index (Phi) is 4.21. The van der Waals surface area contributed by atoms with Crippen LogP contribution in [0.1, 0.15) is 31.7 Å². The molecule has 1 aliphatic rings. The van der Waals surface area contributed by atoms with Crippen molar-refractivity contribution < 1.29 is 19.4 Å². The van der Waals surface area contributed by atoms with Crippen molar-refractivity contribution in [2.45, 2.75) is 26.2 Å². The summed E-state index contributed by atoms with van der Waals surface area (Å²) in [6, 6.07) is 7.09. The van der Waals surface area contributed by atoms with Crippen molar-refractivity contribution in [1.82, 2.24) is 4.90 Å². The number of carbonyl (C=O) groups is 2. The van der Waals surface area contributed by atoms with Crippen LogP contribution in [0, 0.1) is 5.41 Å². The van der Waals surface area contributed by atoms with E-state index in [1.807, 2.05) is 0 Å². The first-order valence-corrected chi connectivity index (χ1v) is 7.04. The lowest BCUT2D eigenvalue weighted by Crippen LogP contribution is -2.49. The SMILES string of the molecule is COc1cccc(C(C(=O)N2CCC2)C(C)(C)C(=O)O)c1. The summed E-state index contributed by atoms with van der Waals surface area (Å²) < 4.78 is 5.19. The molecule has 0 aliphatic carbocycles. The van der Waals surface area contributed by atoms with Gasteiger partial charge in [-0.25, -0.2) is 0 Å². The topological polar surface area (TPSA) is 66.8 Å². The molecule has 0 aromatic heterocycles. The van der Waals surface area contributed by atoms with Crippen LogP contribution >= 0.6 is 0 Å². The number of ether oxygens (including phenoxy) is 1. The molecule has 2 rings (SSSR count). The number of likely N-dealkylation sites (tertiary alicyclic amines) is 1. The van der Waals surface area contributed by atoms with Crippen LogP contribution in [0.15, 0.2) is 24.3 Å². The van der Waals surface area contributed by atoms with Crippen LogP contribution in [0.5, 0.6) is 5.75 Å². The molecule has 21 heavy (non-hydrogen) atoms. The second-order valence-electron chi connectivity index (χ2n) is 5.92. The Labute approximate surface area is 124 Å². The van der Waals surface area contributed by atoms with Gasteiger partial charge in [0, 0.05) is 13.1 Å². The molecule has 1 aromatic rings. The van der Waals surface area contributed by atoms with Crippen molar-refractivity contribution in [3.63, 3.8) is 0 Å². The Morgan fingerprint density at radius 2 is 2.00 bits per heavy atom. The van der Waals surface area contributed by atoms with Gasteiger partial charge in [-0.2, -0.15) is 0 Å². The second kappa shape index (κ2) is 5.76. The molecule has 1 fully saturated rings. The Morgan fingerprint density at radius 1 is 1.33 bits per heavy atom. The number of methoxy groups -OCH3 is 1. The molecule has 0 radical (unpaired) electrons. The summed E-state index contributed by atoms with van der Waals surface area (Å²) in [4.78, 5) is 26.0. The summed E-state index contributed by atoms with van der Waals surface area (Å²) in [5, 5.41) is 9.52. The minimum Gasteiger partial charge on any atom is -0.497 e. The van der Waals surface area contributed by atoms with Gasteiger partial charge in [-0.15, -0.1) is 0 Å². The maximum absolute atomic E-state index is 12.7. The number of hydrogen-bond acceptors (Lipinski definition) is 3. The van der Waals surface area contributed by atoms with Gasteiger partial charge in [0.15, 0.2) is 0 Å². The first-order chi connectivity index (χ1) is 9.87. The van der Waals surface area contributed by atoms with E-state index in [0.717, 1.165) is 6.42 Å².